The molecule has 2 aromatic rings. The van der Waals surface area contributed by atoms with Crippen molar-refractivity contribution in [3.05, 3.63) is 74.7 Å². The van der Waals surface area contributed by atoms with E-state index in [2.05, 4.69) is 60.5 Å². The predicted octanol–water partition coefficient (Wildman–Crippen LogP) is 2.62. The maximum Gasteiger partial charge on any atom is 0.0458 e. The van der Waals surface area contributed by atoms with Crippen molar-refractivity contribution in [3.63, 3.8) is 0 Å². The highest BCUT2D eigenvalue weighted by atomic mass is 35.5. The third-order valence-corrected chi connectivity index (χ3v) is 4.29. The standard InChI is InChI=1S/C18H14ClN/c1-20-9-8-13-10-14(19)6-7-16(13)18-15-5-3-2-4-12(15)11-17(18)20/h2-8,10-11H,9H2,1H3. The number of benzene rings is 2. The molecule has 0 amide bonds. The van der Waals surface area contributed by atoms with Crippen molar-refractivity contribution in [2.24, 2.45) is 0 Å². The molecule has 0 spiro atoms. The van der Waals surface area contributed by atoms with E-state index in [0.717, 1.165) is 11.6 Å². The summed E-state index contributed by atoms with van der Waals surface area (Å²) in [5.41, 5.74) is 5.23. The minimum absolute atomic E-state index is 0.793. The second kappa shape index (κ2) is 4.26. The topological polar surface area (TPSA) is 3.24 Å². The van der Waals surface area contributed by atoms with Crippen molar-refractivity contribution in [1.82, 2.24) is 4.90 Å². The summed E-state index contributed by atoms with van der Waals surface area (Å²) in [7, 11) is 2.14. The molecule has 0 bridgehead atoms. The Kier molecular flexibility index (Phi) is 2.51. The fourth-order valence-electron chi connectivity index (χ4n) is 3.06. The van der Waals surface area contributed by atoms with Crippen LogP contribution in [0.1, 0.15) is 11.1 Å². The van der Waals surface area contributed by atoms with E-state index in [0.29, 0.717) is 0 Å². The quantitative estimate of drug-likeness (QED) is 0.717. The summed E-state index contributed by atoms with van der Waals surface area (Å²) in [5.74, 6) is 0. The maximum atomic E-state index is 6.15. The Morgan fingerprint density at radius 2 is 1.95 bits per heavy atom. The second-order valence-corrected chi connectivity index (χ2v) is 5.74. The molecule has 0 saturated heterocycles. The number of hydrogen-bond acceptors (Lipinski definition) is 1. The van der Waals surface area contributed by atoms with Crippen LogP contribution in [0.3, 0.4) is 0 Å². The summed E-state index contributed by atoms with van der Waals surface area (Å²) in [4.78, 5) is 2.29. The largest absolute Gasteiger partial charge is 0.370 e. The minimum Gasteiger partial charge on any atom is -0.370 e. The molecule has 98 valence electrons. The third-order valence-electron chi connectivity index (χ3n) is 4.06. The van der Waals surface area contributed by atoms with Gasteiger partial charge in [0.1, 0.15) is 0 Å². The smallest absolute Gasteiger partial charge is 0.0458 e. The predicted molar refractivity (Wildman–Crippen MR) is 84.7 cm³/mol. The van der Waals surface area contributed by atoms with E-state index in [1.807, 2.05) is 6.07 Å². The normalized spacial score (nSPS) is 15.8. The van der Waals surface area contributed by atoms with E-state index in [1.54, 1.807) is 0 Å². The monoisotopic (exact) mass is 279 g/mol. The highest BCUT2D eigenvalue weighted by Crippen LogP contribution is 2.34. The number of likely N-dealkylation sites (N-methyl/N-ethyl adjacent to an activating group) is 1. The lowest BCUT2D eigenvalue weighted by atomic mass is 10.0. The van der Waals surface area contributed by atoms with Crippen molar-refractivity contribution >= 4 is 29.3 Å². The zero-order valence-electron chi connectivity index (χ0n) is 11.2. The number of allylic oxidation sites excluding steroid dienone is 1. The maximum absolute atomic E-state index is 6.15. The molecule has 1 heterocycles. The molecule has 0 N–H and O–H groups in total. The van der Waals surface area contributed by atoms with Gasteiger partial charge in [0.2, 0.25) is 0 Å². The van der Waals surface area contributed by atoms with E-state index in [-0.39, 0.29) is 0 Å². The minimum atomic E-state index is 0.793. The molecule has 0 saturated carbocycles. The zero-order valence-corrected chi connectivity index (χ0v) is 12.0. The fourth-order valence-corrected chi connectivity index (χ4v) is 3.24. The van der Waals surface area contributed by atoms with Gasteiger partial charge in [-0.05, 0) is 39.8 Å². The van der Waals surface area contributed by atoms with Crippen molar-refractivity contribution in [1.29, 1.82) is 0 Å². The van der Waals surface area contributed by atoms with Gasteiger partial charge in [0.15, 0.2) is 0 Å². The van der Waals surface area contributed by atoms with Crippen LogP contribution in [-0.4, -0.2) is 18.5 Å². The van der Waals surface area contributed by atoms with Crippen LogP contribution in [0.25, 0.3) is 17.7 Å². The van der Waals surface area contributed by atoms with Gasteiger partial charge in [-0.15, -0.1) is 0 Å². The Bertz CT molecular complexity index is 861. The molecule has 1 nitrogen and oxygen atoms in total. The van der Waals surface area contributed by atoms with Gasteiger partial charge in [-0.1, -0.05) is 48.0 Å². The van der Waals surface area contributed by atoms with Gasteiger partial charge in [0, 0.05) is 29.9 Å². The van der Waals surface area contributed by atoms with Crippen molar-refractivity contribution in [2.45, 2.75) is 0 Å². The molecular formula is C18H14ClN. The number of nitrogens with zero attached hydrogens (tertiary/aromatic N) is 1. The fraction of sp³-hybridized carbons (Fsp3) is 0.111. The van der Waals surface area contributed by atoms with Gasteiger partial charge in [-0.25, -0.2) is 0 Å². The van der Waals surface area contributed by atoms with Crippen LogP contribution in [0, 0.1) is 0 Å². The molecule has 1 aliphatic heterocycles. The molecule has 2 aliphatic rings. The molecule has 2 aromatic carbocycles. The van der Waals surface area contributed by atoms with E-state index in [9.17, 15) is 0 Å². The van der Waals surface area contributed by atoms with E-state index >= 15 is 0 Å². The van der Waals surface area contributed by atoms with Crippen LogP contribution in [0.5, 0.6) is 0 Å². The summed E-state index contributed by atoms with van der Waals surface area (Å²) in [6, 6.07) is 14.7. The Balaban J connectivity index is 2.19. The van der Waals surface area contributed by atoms with Crippen molar-refractivity contribution in [3.8, 4) is 0 Å². The summed E-state index contributed by atoms with van der Waals surface area (Å²) in [6.45, 7) is 0.899. The Morgan fingerprint density at radius 1 is 1.10 bits per heavy atom. The molecular weight excluding hydrogens is 266 g/mol. The molecule has 2 heteroatoms. The van der Waals surface area contributed by atoms with Crippen LogP contribution in [0.4, 0.5) is 0 Å². The van der Waals surface area contributed by atoms with E-state index < -0.39 is 0 Å². The van der Waals surface area contributed by atoms with E-state index in [1.165, 1.54) is 32.8 Å². The number of hydrogen-bond donors (Lipinski definition) is 0. The summed E-state index contributed by atoms with van der Waals surface area (Å²) >= 11 is 6.15. The van der Waals surface area contributed by atoms with Gasteiger partial charge in [-0.3, -0.25) is 0 Å². The zero-order chi connectivity index (χ0) is 13.7. The van der Waals surface area contributed by atoms with Gasteiger partial charge in [-0.2, -0.15) is 0 Å². The van der Waals surface area contributed by atoms with Gasteiger partial charge < -0.3 is 4.90 Å². The summed E-state index contributed by atoms with van der Waals surface area (Å²) < 4.78 is 0. The van der Waals surface area contributed by atoms with Crippen LogP contribution in [-0.2, 0) is 0 Å². The first kappa shape index (κ1) is 11.8. The van der Waals surface area contributed by atoms with Crippen LogP contribution in [0.15, 0.2) is 48.2 Å². The van der Waals surface area contributed by atoms with Gasteiger partial charge in [0.05, 0.1) is 0 Å². The Labute approximate surface area is 123 Å². The van der Waals surface area contributed by atoms with Crippen molar-refractivity contribution < 1.29 is 0 Å². The average molecular weight is 280 g/mol. The molecule has 4 rings (SSSR count). The van der Waals surface area contributed by atoms with Crippen molar-refractivity contribution in [2.75, 3.05) is 13.6 Å². The lowest BCUT2D eigenvalue weighted by molar-refractivity contribution is 0.502. The number of fused-ring (bicyclic) bond motifs is 4. The van der Waals surface area contributed by atoms with E-state index in [4.69, 9.17) is 11.6 Å². The molecule has 20 heavy (non-hydrogen) atoms. The SMILES string of the molecule is CN1CC=c2cc(Cl)ccc2=C2C1=Cc1ccccc12. The third kappa shape index (κ3) is 1.63. The molecule has 0 atom stereocenters. The molecule has 0 radical (unpaired) electrons. The number of rotatable bonds is 0. The average Bonchev–Trinajstić information content (AvgIpc) is 2.78. The Morgan fingerprint density at radius 3 is 2.85 bits per heavy atom. The molecule has 0 unspecified atom stereocenters. The lowest BCUT2D eigenvalue weighted by Gasteiger charge is -2.19. The lowest BCUT2D eigenvalue weighted by Crippen LogP contribution is -2.26. The first-order valence-electron chi connectivity index (χ1n) is 6.77. The van der Waals surface area contributed by atoms with Gasteiger partial charge >= 0.3 is 0 Å². The second-order valence-electron chi connectivity index (χ2n) is 5.31. The van der Waals surface area contributed by atoms with Crippen LogP contribution >= 0.6 is 11.6 Å². The molecule has 0 fully saturated rings. The summed E-state index contributed by atoms with van der Waals surface area (Å²) in [5, 5.41) is 3.29. The first-order chi connectivity index (χ1) is 9.74. The van der Waals surface area contributed by atoms with Crippen LogP contribution < -0.4 is 10.4 Å². The highest BCUT2D eigenvalue weighted by Gasteiger charge is 2.23. The molecule has 0 aromatic heterocycles. The molecule has 1 aliphatic carbocycles. The summed E-state index contributed by atoms with van der Waals surface area (Å²) in [6.07, 6.45) is 4.53. The first-order valence-corrected chi connectivity index (χ1v) is 7.14. The number of halogens is 1. The Hall–Kier alpha value is -1.99. The van der Waals surface area contributed by atoms with Crippen LogP contribution in [0.2, 0.25) is 5.02 Å². The highest BCUT2D eigenvalue weighted by molar-refractivity contribution is 6.30. The van der Waals surface area contributed by atoms with Gasteiger partial charge in [0.25, 0.3) is 0 Å².